The van der Waals surface area contributed by atoms with Crippen molar-refractivity contribution in [3.8, 4) is 22.8 Å². The summed E-state index contributed by atoms with van der Waals surface area (Å²) in [4.78, 5) is 13.8. The van der Waals surface area contributed by atoms with Crippen LogP contribution in [0.4, 0.5) is 16.0 Å². The molecule has 2 aromatic heterocycles. The molecule has 0 bridgehead atoms. The Morgan fingerprint density at radius 1 is 1.00 bits per heavy atom. The van der Waals surface area contributed by atoms with Gasteiger partial charge in [-0.15, -0.1) is 0 Å². The van der Waals surface area contributed by atoms with Gasteiger partial charge < -0.3 is 25.2 Å². The van der Waals surface area contributed by atoms with Crippen LogP contribution in [0.3, 0.4) is 0 Å². The van der Waals surface area contributed by atoms with Gasteiger partial charge in [-0.05, 0) is 48.3 Å². The first-order valence-corrected chi connectivity index (χ1v) is 12.3. The molecule has 4 N–H and O–H groups in total. The maximum Gasteiger partial charge on any atom is 0.223 e. The lowest BCUT2D eigenvalue weighted by atomic mass is 10.2. The number of aromatic nitrogens is 3. The maximum absolute atomic E-state index is 14.9. The Bertz CT molecular complexity index is 1300. The number of nitrogens with zero attached hydrogens (tertiary/aromatic N) is 3. The van der Waals surface area contributed by atoms with E-state index in [9.17, 15) is 4.39 Å². The summed E-state index contributed by atoms with van der Waals surface area (Å²) in [6.45, 7) is 1.83. The molecule has 0 amide bonds. The lowest BCUT2D eigenvalue weighted by Gasteiger charge is -2.13. The van der Waals surface area contributed by atoms with Gasteiger partial charge in [-0.2, -0.15) is 0 Å². The number of halogens is 2. The summed E-state index contributed by atoms with van der Waals surface area (Å²) in [5.74, 6) is 0.385. The average molecular weight is 527 g/mol. The summed E-state index contributed by atoms with van der Waals surface area (Å²) in [6, 6.07) is 15.4. The predicted molar refractivity (Wildman–Crippen MR) is 141 cm³/mol. The van der Waals surface area contributed by atoms with E-state index in [1.54, 1.807) is 48.9 Å². The topological polar surface area (TPSA) is 104 Å². The van der Waals surface area contributed by atoms with Crippen molar-refractivity contribution in [1.82, 2.24) is 20.3 Å². The lowest BCUT2D eigenvalue weighted by molar-refractivity contribution is 0.293. The molecule has 186 valence electrons. The number of ether oxygens (including phenoxy) is 1. The summed E-state index contributed by atoms with van der Waals surface area (Å²) >= 11 is 7.47. The number of aliphatic hydroxyl groups excluding tert-OH is 1. The first-order valence-electron chi connectivity index (χ1n) is 11.1. The van der Waals surface area contributed by atoms with Crippen molar-refractivity contribution in [2.24, 2.45) is 0 Å². The molecule has 0 radical (unpaired) electrons. The van der Waals surface area contributed by atoms with Crippen LogP contribution in [0.15, 0.2) is 78.1 Å². The number of aliphatic hydroxyl groups is 1. The molecule has 0 saturated heterocycles. The molecular weight excluding hydrogens is 503 g/mol. The second-order valence-corrected chi connectivity index (χ2v) is 8.67. The zero-order valence-electron chi connectivity index (χ0n) is 19.1. The Kier molecular flexibility index (Phi) is 9.28. The molecule has 0 unspecified atom stereocenters. The highest BCUT2D eigenvalue weighted by molar-refractivity contribution is 8.00. The van der Waals surface area contributed by atoms with E-state index in [-0.39, 0.29) is 12.4 Å². The van der Waals surface area contributed by atoms with Gasteiger partial charge in [-0.1, -0.05) is 23.7 Å². The Hall–Kier alpha value is -3.44. The number of hydrogen-bond donors (Lipinski definition) is 4. The van der Waals surface area contributed by atoms with Crippen molar-refractivity contribution in [2.75, 3.05) is 36.3 Å². The Balaban J connectivity index is 1.45. The molecule has 4 rings (SSSR count). The fourth-order valence-corrected chi connectivity index (χ4v) is 4.05. The van der Waals surface area contributed by atoms with E-state index in [1.807, 2.05) is 18.2 Å². The maximum atomic E-state index is 14.9. The molecule has 11 heteroatoms. The summed E-state index contributed by atoms with van der Waals surface area (Å²) in [6.07, 6.45) is 4.80. The van der Waals surface area contributed by atoms with Crippen molar-refractivity contribution in [3.63, 3.8) is 0 Å². The monoisotopic (exact) mass is 526 g/mol. The molecule has 0 spiro atoms. The third-order valence-electron chi connectivity index (χ3n) is 4.85. The summed E-state index contributed by atoms with van der Waals surface area (Å²) in [5.41, 5.74) is 1.74. The van der Waals surface area contributed by atoms with E-state index < -0.39 is 5.82 Å². The van der Waals surface area contributed by atoms with Crippen LogP contribution in [0, 0.1) is 5.82 Å². The van der Waals surface area contributed by atoms with Crippen molar-refractivity contribution < 1.29 is 14.2 Å². The van der Waals surface area contributed by atoms with Crippen molar-refractivity contribution in [1.29, 1.82) is 0 Å². The SMILES string of the molecule is OCCNCCNc1nccc(-c2cnccc2Oc2ccc(NSc3ccccc3Cl)cc2F)n1. The van der Waals surface area contributed by atoms with Gasteiger partial charge in [0.05, 0.1) is 22.9 Å². The van der Waals surface area contributed by atoms with Crippen molar-refractivity contribution in [3.05, 3.63) is 84.0 Å². The van der Waals surface area contributed by atoms with Crippen LogP contribution in [0.1, 0.15) is 0 Å². The third kappa shape index (κ3) is 7.05. The number of pyridine rings is 1. The molecule has 0 aliphatic rings. The number of nitrogens with one attached hydrogen (secondary N) is 3. The Morgan fingerprint density at radius 3 is 2.72 bits per heavy atom. The second-order valence-electron chi connectivity index (χ2n) is 7.42. The van der Waals surface area contributed by atoms with Crippen molar-refractivity contribution >= 4 is 35.2 Å². The second kappa shape index (κ2) is 13.0. The molecule has 8 nitrogen and oxygen atoms in total. The highest BCUT2D eigenvalue weighted by Crippen LogP contribution is 2.34. The van der Waals surface area contributed by atoms with Gasteiger partial charge in [-0.25, -0.2) is 14.4 Å². The van der Waals surface area contributed by atoms with Crippen LogP contribution in [0.25, 0.3) is 11.3 Å². The minimum absolute atomic E-state index is 0.0677. The quantitative estimate of drug-likeness (QED) is 0.146. The molecule has 0 atom stereocenters. The molecular formula is C25H24ClFN6O2S. The minimum Gasteiger partial charge on any atom is -0.453 e. The van der Waals surface area contributed by atoms with Crippen LogP contribution >= 0.6 is 23.5 Å². The summed E-state index contributed by atoms with van der Waals surface area (Å²) in [7, 11) is 0. The number of benzene rings is 2. The van der Waals surface area contributed by atoms with Gasteiger partial charge in [0, 0.05) is 54.9 Å². The van der Waals surface area contributed by atoms with Crippen LogP contribution in [-0.2, 0) is 0 Å². The van der Waals surface area contributed by atoms with Gasteiger partial charge >= 0.3 is 0 Å². The van der Waals surface area contributed by atoms with Crippen molar-refractivity contribution in [2.45, 2.75) is 4.90 Å². The zero-order valence-corrected chi connectivity index (χ0v) is 20.7. The van der Waals surface area contributed by atoms with E-state index in [2.05, 4.69) is 30.3 Å². The minimum atomic E-state index is -0.525. The largest absolute Gasteiger partial charge is 0.453 e. The van der Waals surface area contributed by atoms with Gasteiger partial charge in [0.1, 0.15) is 5.75 Å². The van der Waals surface area contributed by atoms with E-state index in [4.69, 9.17) is 21.4 Å². The standard InChI is InChI=1S/C25H24ClFN6O2S/c26-19-3-1-2-4-24(19)36-33-17-5-6-23(20(27)15-17)35-22-8-9-29-16-18(22)21-7-10-30-25(32-21)31-12-11-28-13-14-34/h1-10,15-16,28,33-34H,11-14H2,(H,30,31,32). The third-order valence-corrected chi connectivity index (χ3v) is 6.21. The molecule has 2 aromatic carbocycles. The molecule has 0 aliphatic carbocycles. The molecule has 2 heterocycles. The fourth-order valence-electron chi connectivity index (χ4n) is 3.13. The van der Waals surface area contributed by atoms with E-state index in [0.717, 1.165) is 4.90 Å². The number of hydrogen-bond acceptors (Lipinski definition) is 9. The fraction of sp³-hybridized carbons (Fsp3) is 0.160. The van der Waals surface area contributed by atoms with Crippen LogP contribution in [0.2, 0.25) is 5.02 Å². The normalized spacial score (nSPS) is 10.8. The predicted octanol–water partition coefficient (Wildman–Crippen LogP) is 5.24. The molecule has 36 heavy (non-hydrogen) atoms. The molecule has 4 aromatic rings. The number of anilines is 2. The first-order chi connectivity index (χ1) is 17.6. The molecule has 0 aliphatic heterocycles. The van der Waals surface area contributed by atoms with Gasteiger partial charge in [0.15, 0.2) is 11.6 Å². The summed E-state index contributed by atoms with van der Waals surface area (Å²) in [5, 5.41) is 15.6. The highest BCUT2D eigenvalue weighted by atomic mass is 35.5. The zero-order chi connectivity index (χ0) is 25.2. The first kappa shape index (κ1) is 25.6. The van der Waals surface area contributed by atoms with Gasteiger partial charge in [0.25, 0.3) is 0 Å². The van der Waals surface area contributed by atoms with Gasteiger partial charge in [-0.3, -0.25) is 4.98 Å². The van der Waals surface area contributed by atoms with Crippen LogP contribution in [-0.4, -0.2) is 46.3 Å². The average Bonchev–Trinajstić information content (AvgIpc) is 2.90. The molecule has 0 fully saturated rings. The molecule has 0 saturated carbocycles. The number of rotatable bonds is 12. The Labute approximate surface area is 217 Å². The summed E-state index contributed by atoms with van der Waals surface area (Å²) < 4.78 is 23.9. The van der Waals surface area contributed by atoms with Crippen LogP contribution < -0.4 is 20.1 Å². The Morgan fingerprint density at radius 2 is 1.89 bits per heavy atom. The van der Waals surface area contributed by atoms with Crippen LogP contribution in [0.5, 0.6) is 11.5 Å². The van der Waals surface area contributed by atoms with E-state index in [0.29, 0.717) is 53.3 Å². The lowest BCUT2D eigenvalue weighted by Crippen LogP contribution is -2.25. The van der Waals surface area contributed by atoms with E-state index >= 15 is 0 Å². The smallest absolute Gasteiger partial charge is 0.223 e. The highest BCUT2D eigenvalue weighted by Gasteiger charge is 2.13. The van der Waals surface area contributed by atoms with E-state index in [1.165, 1.54) is 18.0 Å². The van der Waals surface area contributed by atoms with Gasteiger partial charge in [0.2, 0.25) is 5.95 Å².